The molecule has 0 aliphatic carbocycles. The number of carbonyl (C=O) groups is 1. The van der Waals surface area contributed by atoms with Gasteiger partial charge in [-0.3, -0.25) is 19.8 Å². The lowest BCUT2D eigenvalue weighted by Gasteiger charge is -2.26. The summed E-state index contributed by atoms with van der Waals surface area (Å²) in [4.78, 5) is 23.9. The van der Waals surface area contributed by atoms with E-state index in [-0.39, 0.29) is 17.4 Å². The molecule has 1 saturated heterocycles. The SMILES string of the molecule is O=C(Nc1ccc(-c2nc(-c3cccc(-c4cccnc4)c3)n[nH]2)cc1)c1cccc(CN2CCS(=O)(=O)CC2)c1. The van der Waals surface area contributed by atoms with Crippen LogP contribution in [-0.2, 0) is 16.4 Å². The number of aromatic nitrogens is 4. The van der Waals surface area contributed by atoms with Crippen LogP contribution in [-0.4, -0.2) is 64.0 Å². The van der Waals surface area contributed by atoms with Gasteiger partial charge in [0.2, 0.25) is 0 Å². The molecule has 0 bridgehead atoms. The number of sulfone groups is 1. The summed E-state index contributed by atoms with van der Waals surface area (Å²) in [5, 5.41) is 10.4. The zero-order valence-electron chi connectivity index (χ0n) is 22.2. The molecule has 0 atom stereocenters. The number of benzene rings is 3. The highest BCUT2D eigenvalue weighted by molar-refractivity contribution is 7.91. The molecular weight excluding hydrogens is 536 g/mol. The fraction of sp³-hybridized carbons (Fsp3) is 0.161. The highest BCUT2D eigenvalue weighted by Crippen LogP contribution is 2.26. The molecule has 1 amide bonds. The van der Waals surface area contributed by atoms with E-state index in [9.17, 15) is 13.2 Å². The highest BCUT2D eigenvalue weighted by atomic mass is 32.2. The van der Waals surface area contributed by atoms with E-state index in [1.807, 2.05) is 85.1 Å². The molecule has 41 heavy (non-hydrogen) atoms. The molecular formula is C31H28N6O3S. The third kappa shape index (κ3) is 6.40. The largest absolute Gasteiger partial charge is 0.322 e. The molecule has 0 radical (unpaired) electrons. The number of anilines is 1. The van der Waals surface area contributed by atoms with Crippen molar-refractivity contribution in [1.29, 1.82) is 0 Å². The number of H-pyrrole nitrogens is 1. The minimum atomic E-state index is -2.93. The summed E-state index contributed by atoms with van der Waals surface area (Å²) in [6.07, 6.45) is 3.57. The number of nitrogens with one attached hydrogen (secondary N) is 2. The lowest BCUT2D eigenvalue weighted by Crippen LogP contribution is -2.39. The van der Waals surface area contributed by atoms with Crippen LogP contribution in [0.1, 0.15) is 15.9 Å². The minimum absolute atomic E-state index is 0.178. The number of carbonyl (C=O) groups excluding carboxylic acids is 1. The molecule has 0 spiro atoms. The maximum Gasteiger partial charge on any atom is 0.255 e. The van der Waals surface area contributed by atoms with Gasteiger partial charge in [-0.2, -0.15) is 5.10 Å². The Kier molecular flexibility index (Phi) is 7.41. The standard InChI is InChI=1S/C31H28N6O3S/c38-31(26-7-1-4-22(18-26)21-37-14-16-41(39,40)17-15-37)33-28-11-9-23(10-12-28)29-34-30(36-35-29)25-6-2-5-24(19-25)27-8-3-13-32-20-27/h1-13,18-20H,14-17,21H2,(H,33,38)(H,34,35,36). The fourth-order valence-corrected chi connectivity index (χ4v) is 6.06. The molecule has 1 aliphatic rings. The van der Waals surface area contributed by atoms with E-state index < -0.39 is 9.84 Å². The quantitative estimate of drug-likeness (QED) is 0.294. The Balaban J connectivity index is 1.10. The molecule has 1 fully saturated rings. The summed E-state index contributed by atoms with van der Waals surface area (Å²) in [5.74, 6) is 1.36. The molecule has 6 rings (SSSR count). The first-order valence-corrected chi connectivity index (χ1v) is 15.1. The van der Waals surface area contributed by atoms with E-state index in [2.05, 4.69) is 30.4 Å². The molecule has 3 aromatic carbocycles. The topological polar surface area (TPSA) is 121 Å². The summed E-state index contributed by atoms with van der Waals surface area (Å²) < 4.78 is 23.4. The van der Waals surface area contributed by atoms with Gasteiger partial charge in [0.25, 0.3) is 5.91 Å². The second-order valence-corrected chi connectivity index (χ2v) is 12.3. The normalized spacial score (nSPS) is 14.9. The van der Waals surface area contributed by atoms with Crippen molar-refractivity contribution in [3.8, 4) is 33.9 Å². The van der Waals surface area contributed by atoms with Crippen LogP contribution in [0.2, 0.25) is 0 Å². The number of hydrogen-bond donors (Lipinski definition) is 2. The second kappa shape index (κ2) is 11.4. The fourth-order valence-electron chi connectivity index (χ4n) is 4.78. The molecule has 2 N–H and O–H groups in total. The van der Waals surface area contributed by atoms with Crippen LogP contribution in [0.25, 0.3) is 33.9 Å². The number of hydrogen-bond acceptors (Lipinski definition) is 7. The lowest BCUT2D eigenvalue weighted by molar-refractivity contribution is 0.102. The van der Waals surface area contributed by atoms with Crippen molar-refractivity contribution >= 4 is 21.4 Å². The van der Waals surface area contributed by atoms with Gasteiger partial charge in [-0.1, -0.05) is 36.4 Å². The van der Waals surface area contributed by atoms with E-state index in [0.29, 0.717) is 42.5 Å². The summed E-state index contributed by atoms with van der Waals surface area (Å²) >= 11 is 0. The summed E-state index contributed by atoms with van der Waals surface area (Å²) in [5.41, 5.74) is 5.97. The summed E-state index contributed by atoms with van der Waals surface area (Å²) in [6.45, 7) is 1.63. The first kappa shape index (κ1) is 26.5. The Morgan fingerprint density at radius 1 is 0.854 bits per heavy atom. The molecule has 5 aromatic rings. The first-order chi connectivity index (χ1) is 19.9. The van der Waals surface area contributed by atoms with Crippen LogP contribution in [0.4, 0.5) is 5.69 Å². The average Bonchev–Trinajstić information content (AvgIpc) is 3.50. The Labute approximate surface area is 238 Å². The van der Waals surface area contributed by atoms with E-state index >= 15 is 0 Å². The van der Waals surface area contributed by atoms with Crippen LogP contribution in [0, 0.1) is 0 Å². The van der Waals surface area contributed by atoms with E-state index in [4.69, 9.17) is 0 Å². The van der Waals surface area contributed by atoms with Gasteiger partial charge in [0.1, 0.15) is 0 Å². The van der Waals surface area contributed by atoms with Crippen molar-refractivity contribution in [2.24, 2.45) is 0 Å². The van der Waals surface area contributed by atoms with Crippen molar-refractivity contribution in [2.75, 3.05) is 29.9 Å². The van der Waals surface area contributed by atoms with Gasteiger partial charge in [0.05, 0.1) is 11.5 Å². The predicted octanol–water partition coefficient (Wildman–Crippen LogP) is 4.68. The third-order valence-corrected chi connectivity index (χ3v) is 8.66. The Morgan fingerprint density at radius 3 is 2.39 bits per heavy atom. The zero-order chi connectivity index (χ0) is 28.2. The van der Waals surface area contributed by atoms with Gasteiger partial charge in [0, 0.05) is 60.0 Å². The van der Waals surface area contributed by atoms with Gasteiger partial charge in [0.15, 0.2) is 21.5 Å². The molecule has 1 aliphatic heterocycles. The first-order valence-electron chi connectivity index (χ1n) is 13.3. The monoisotopic (exact) mass is 564 g/mol. The van der Waals surface area contributed by atoms with Crippen molar-refractivity contribution in [3.05, 3.63) is 108 Å². The average molecular weight is 565 g/mol. The minimum Gasteiger partial charge on any atom is -0.322 e. The molecule has 9 nitrogen and oxygen atoms in total. The maximum absolute atomic E-state index is 13.0. The smallest absolute Gasteiger partial charge is 0.255 e. The summed E-state index contributed by atoms with van der Waals surface area (Å²) in [6, 6.07) is 26.8. The highest BCUT2D eigenvalue weighted by Gasteiger charge is 2.21. The summed E-state index contributed by atoms with van der Waals surface area (Å²) in [7, 11) is -2.93. The molecule has 0 saturated carbocycles. The molecule has 3 heterocycles. The zero-order valence-corrected chi connectivity index (χ0v) is 23.0. The second-order valence-electron chi connectivity index (χ2n) is 9.99. The predicted molar refractivity (Wildman–Crippen MR) is 159 cm³/mol. The lowest BCUT2D eigenvalue weighted by atomic mass is 10.0. The molecule has 0 unspecified atom stereocenters. The van der Waals surface area contributed by atoms with Crippen molar-refractivity contribution in [2.45, 2.75) is 6.54 Å². The molecule has 10 heteroatoms. The Hall–Kier alpha value is -4.67. The van der Waals surface area contributed by atoms with Gasteiger partial charge in [-0.15, -0.1) is 0 Å². The van der Waals surface area contributed by atoms with Crippen LogP contribution in [0.15, 0.2) is 97.3 Å². The van der Waals surface area contributed by atoms with E-state index in [1.54, 1.807) is 12.3 Å². The van der Waals surface area contributed by atoms with Gasteiger partial charge in [-0.25, -0.2) is 13.4 Å². The van der Waals surface area contributed by atoms with Gasteiger partial charge in [-0.05, 0) is 59.7 Å². The van der Waals surface area contributed by atoms with Crippen molar-refractivity contribution < 1.29 is 13.2 Å². The van der Waals surface area contributed by atoms with Crippen LogP contribution in [0.3, 0.4) is 0 Å². The Bertz CT molecular complexity index is 1770. The van der Waals surface area contributed by atoms with Gasteiger partial charge >= 0.3 is 0 Å². The van der Waals surface area contributed by atoms with Gasteiger partial charge < -0.3 is 5.32 Å². The molecule has 206 valence electrons. The number of amides is 1. The number of nitrogens with zero attached hydrogens (tertiary/aromatic N) is 4. The van der Waals surface area contributed by atoms with Crippen molar-refractivity contribution in [1.82, 2.24) is 25.1 Å². The van der Waals surface area contributed by atoms with E-state index in [1.165, 1.54) is 0 Å². The number of pyridine rings is 1. The van der Waals surface area contributed by atoms with Crippen LogP contribution >= 0.6 is 0 Å². The maximum atomic E-state index is 13.0. The Morgan fingerprint density at radius 2 is 1.61 bits per heavy atom. The number of rotatable bonds is 7. The molecule has 2 aromatic heterocycles. The van der Waals surface area contributed by atoms with Crippen LogP contribution in [0.5, 0.6) is 0 Å². The van der Waals surface area contributed by atoms with E-state index in [0.717, 1.165) is 27.8 Å². The van der Waals surface area contributed by atoms with Crippen molar-refractivity contribution in [3.63, 3.8) is 0 Å². The third-order valence-electron chi connectivity index (χ3n) is 7.05. The number of aromatic amines is 1. The van der Waals surface area contributed by atoms with Crippen LogP contribution < -0.4 is 5.32 Å².